The van der Waals surface area contributed by atoms with Crippen LogP contribution in [0.2, 0.25) is 5.02 Å². The fourth-order valence-corrected chi connectivity index (χ4v) is 2.84. The Kier molecular flexibility index (Phi) is 4.67. The van der Waals surface area contributed by atoms with Crippen LogP contribution in [0.4, 0.5) is 0 Å². The summed E-state index contributed by atoms with van der Waals surface area (Å²) in [4.78, 5) is 0.0990. The molecule has 2 rings (SSSR count). The highest BCUT2D eigenvalue weighted by molar-refractivity contribution is 9.09. The zero-order valence-corrected chi connectivity index (χ0v) is 12.4. The minimum absolute atomic E-state index is 0.0990. The van der Waals surface area contributed by atoms with E-state index in [2.05, 4.69) is 15.9 Å². The van der Waals surface area contributed by atoms with Gasteiger partial charge in [0.15, 0.2) is 0 Å². The highest BCUT2D eigenvalue weighted by Crippen LogP contribution is 2.35. The van der Waals surface area contributed by atoms with Crippen LogP contribution in [0, 0.1) is 0 Å². The molecular formula is C15H14BrClO. The van der Waals surface area contributed by atoms with E-state index in [-0.39, 0.29) is 4.83 Å². The van der Waals surface area contributed by atoms with Gasteiger partial charge in [0.25, 0.3) is 0 Å². The molecule has 2 aromatic carbocycles. The van der Waals surface area contributed by atoms with Crippen LogP contribution in [0.1, 0.15) is 22.9 Å². The van der Waals surface area contributed by atoms with Crippen molar-refractivity contribution < 1.29 is 4.74 Å². The van der Waals surface area contributed by atoms with Gasteiger partial charge in [0, 0.05) is 5.02 Å². The number of benzene rings is 2. The zero-order chi connectivity index (χ0) is 13.0. The van der Waals surface area contributed by atoms with Crippen molar-refractivity contribution in [3.8, 4) is 5.75 Å². The van der Waals surface area contributed by atoms with Gasteiger partial charge < -0.3 is 4.74 Å². The van der Waals surface area contributed by atoms with Crippen molar-refractivity contribution in [1.82, 2.24) is 0 Å². The first-order valence-corrected chi connectivity index (χ1v) is 7.13. The molecule has 2 aromatic rings. The fourth-order valence-electron chi connectivity index (χ4n) is 1.76. The predicted molar refractivity (Wildman–Crippen MR) is 79.8 cm³/mol. The van der Waals surface area contributed by atoms with E-state index in [4.69, 9.17) is 16.3 Å². The van der Waals surface area contributed by atoms with E-state index < -0.39 is 0 Å². The summed E-state index contributed by atoms with van der Waals surface area (Å²) >= 11 is 9.88. The molecule has 0 fully saturated rings. The molecule has 0 saturated heterocycles. The van der Waals surface area contributed by atoms with Gasteiger partial charge >= 0.3 is 0 Å². The monoisotopic (exact) mass is 324 g/mol. The van der Waals surface area contributed by atoms with Crippen LogP contribution in [0.3, 0.4) is 0 Å². The van der Waals surface area contributed by atoms with E-state index >= 15 is 0 Å². The van der Waals surface area contributed by atoms with Gasteiger partial charge in [0.1, 0.15) is 5.75 Å². The molecule has 0 spiro atoms. The molecule has 0 bridgehead atoms. The maximum absolute atomic E-state index is 6.20. The van der Waals surface area contributed by atoms with Gasteiger partial charge in [-0.05, 0) is 36.2 Å². The largest absolute Gasteiger partial charge is 0.494 e. The second kappa shape index (κ2) is 6.26. The van der Waals surface area contributed by atoms with Gasteiger partial charge in [-0.3, -0.25) is 0 Å². The van der Waals surface area contributed by atoms with E-state index in [1.165, 1.54) is 0 Å². The molecule has 0 N–H and O–H groups in total. The third-order valence-electron chi connectivity index (χ3n) is 2.66. The SMILES string of the molecule is CCOc1ccc(C(Br)c2ccccc2Cl)cc1. The number of alkyl halides is 1. The van der Waals surface area contributed by atoms with Crippen molar-refractivity contribution in [3.05, 3.63) is 64.7 Å². The second-order valence-electron chi connectivity index (χ2n) is 3.89. The first kappa shape index (κ1) is 13.4. The van der Waals surface area contributed by atoms with E-state index in [1.807, 2.05) is 55.5 Å². The van der Waals surface area contributed by atoms with Gasteiger partial charge in [-0.2, -0.15) is 0 Å². The number of rotatable bonds is 4. The van der Waals surface area contributed by atoms with Crippen molar-refractivity contribution in [2.45, 2.75) is 11.8 Å². The molecule has 18 heavy (non-hydrogen) atoms. The molecule has 1 nitrogen and oxygen atoms in total. The van der Waals surface area contributed by atoms with Crippen molar-refractivity contribution >= 4 is 27.5 Å². The molecular weight excluding hydrogens is 312 g/mol. The van der Waals surface area contributed by atoms with Crippen LogP contribution in [-0.2, 0) is 0 Å². The van der Waals surface area contributed by atoms with Crippen LogP contribution in [0.5, 0.6) is 5.75 Å². The average Bonchev–Trinajstić information content (AvgIpc) is 2.40. The number of hydrogen-bond donors (Lipinski definition) is 0. The number of halogens is 2. The Balaban J connectivity index is 2.23. The minimum atomic E-state index is 0.0990. The molecule has 0 aliphatic carbocycles. The molecule has 0 aliphatic heterocycles. The second-order valence-corrected chi connectivity index (χ2v) is 5.21. The van der Waals surface area contributed by atoms with Crippen molar-refractivity contribution in [2.24, 2.45) is 0 Å². The lowest BCUT2D eigenvalue weighted by molar-refractivity contribution is 0.340. The molecule has 94 valence electrons. The zero-order valence-electron chi connectivity index (χ0n) is 10.1. The van der Waals surface area contributed by atoms with Gasteiger partial charge in [-0.15, -0.1) is 0 Å². The summed E-state index contributed by atoms with van der Waals surface area (Å²) in [5, 5.41) is 0.772. The topological polar surface area (TPSA) is 9.23 Å². The third-order valence-corrected chi connectivity index (χ3v) is 4.03. The Morgan fingerprint density at radius 3 is 2.39 bits per heavy atom. The van der Waals surface area contributed by atoms with Crippen LogP contribution >= 0.6 is 27.5 Å². The molecule has 0 amide bonds. The summed E-state index contributed by atoms with van der Waals surface area (Å²) in [7, 11) is 0. The van der Waals surface area contributed by atoms with Crippen molar-refractivity contribution in [2.75, 3.05) is 6.61 Å². The molecule has 1 unspecified atom stereocenters. The lowest BCUT2D eigenvalue weighted by Crippen LogP contribution is -1.95. The minimum Gasteiger partial charge on any atom is -0.494 e. The third kappa shape index (κ3) is 3.06. The van der Waals surface area contributed by atoms with E-state index in [1.54, 1.807) is 0 Å². The maximum atomic E-state index is 6.20. The summed E-state index contributed by atoms with van der Waals surface area (Å²) in [5.74, 6) is 0.889. The Morgan fingerprint density at radius 2 is 1.78 bits per heavy atom. The van der Waals surface area contributed by atoms with Crippen LogP contribution < -0.4 is 4.74 Å². The quantitative estimate of drug-likeness (QED) is 0.700. The number of hydrogen-bond acceptors (Lipinski definition) is 1. The van der Waals surface area contributed by atoms with Crippen LogP contribution in [0.15, 0.2) is 48.5 Å². The van der Waals surface area contributed by atoms with E-state index in [9.17, 15) is 0 Å². The van der Waals surface area contributed by atoms with E-state index in [0.29, 0.717) is 6.61 Å². The standard InChI is InChI=1S/C15H14BrClO/c1-2-18-12-9-7-11(8-10-12)15(16)13-5-3-4-6-14(13)17/h3-10,15H,2H2,1H3. The van der Waals surface area contributed by atoms with Gasteiger partial charge in [0.2, 0.25) is 0 Å². The fraction of sp³-hybridized carbons (Fsp3) is 0.200. The Hall–Kier alpha value is -0.990. The molecule has 0 radical (unpaired) electrons. The summed E-state index contributed by atoms with van der Waals surface area (Å²) in [6, 6.07) is 15.9. The smallest absolute Gasteiger partial charge is 0.119 e. The first-order valence-electron chi connectivity index (χ1n) is 5.83. The van der Waals surface area contributed by atoms with E-state index in [0.717, 1.165) is 21.9 Å². The molecule has 3 heteroatoms. The average molecular weight is 326 g/mol. The Morgan fingerprint density at radius 1 is 1.11 bits per heavy atom. The van der Waals surface area contributed by atoms with Gasteiger partial charge in [0.05, 0.1) is 11.4 Å². The molecule has 0 saturated carbocycles. The molecule has 1 atom stereocenters. The Labute approximate surface area is 121 Å². The highest BCUT2D eigenvalue weighted by atomic mass is 79.9. The molecule has 0 heterocycles. The maximum Gasteiger partial charge on any atom is 0.119 e. The lowest BCUT2D eigenvalue weighted by atomic mass is 10.0. The van der Waals surface area contributed by atoms with Crippen molar-refractivity contribution in [1.29, 1.82) is 0 Å². The summed E-state index contributed by atoms with van der Waals surface area (Å²) < 4.78 is 5.43. The predicted octanol–water partition coefficient (Wildman–Crippen LogP) is 5.22. The molecule has 0 aliphatic rings. The van der Waals surface area contributed by atoms with Crippen LogP contribution in [-0.4, -0.2) is 6.61 Å². The summed E-state index contributed by atoms with van der Waals surface area (Å²) in [6.07, 6.45) is 0. The highest BCUT2D eigenvalue weighted by Gasteiger charge is 2.13. The number of ether oxygens (including phenoxy) is 1. The van der Waals surface area contributed by atoms with Crippen molar-refractivity contribution in [3.63, 3.8) is 0 Å². The van der Waals surface area contributed by atoms with Gasteiger partial charge in [-0.1, -0.05) is 57.9 Å². The summed E-state index contributed by atoms with van der Waals surface area (Å²) in [6.45, 7) is 2.66. The first-order chi connectivity index (χ1) is 8.72. The molecule has 0 aromatic heterocycles. The lowest BCUT2D eigenvalue weighted by Gasteiger charge is -2.13. The summed E-state index contributed by atoms with van der Waals surface area (Å²) in [5.41, 5.74) is 2.23. The van der Waals surface area contributed by atoms with Gasteiger partial charge in [-0.25, -0.2) is 0 Å². The normalized spacial score (nSPS) is 12.2. The van der Waals surface area contributed by atoms with Crippen LogP contribution in [0.25, 0.3) is 0 Å². The Bertz CT molecular complexity index is 510.